The van der Waals surface area contributed by atoms with E-state index in [9.17, 15) is 0 Å². The molecule has 1 aromatic heterocycles. The van der Waals surface area contributed by atoms with Crippen LogP contribution in [0.3, 0.4) is 0 Å². The topological polar surface area (TPSA) is 37.8 Å². The minimum atomic E-state index is 0.342. The number of anilines is 1. The lowest BCUT2D eigenvalue weighted by Gasteiger charge is -2.17. The summed E-state index contributed by atoms with van der Waals surface area (Å²) in [5, 5.41) is 4.26. The normalized spacial score (nSPS) is 21.5. The maximum Gasteiger partial charge on any atom is 0.222 e. The van der Waals surface area contributed by atoms with Crippen LogP contribution in [0.4, 0.5) is 5.95 Å². The third-order valence-corrected chi connectivity index (χ3v) is 5.26. The standard InChI is InChI=1S/C20H22ClN3/c1-20(2)6-5-14(10-20)16-11-22-19(23-12-16)24-18-8-13-3-4-17(21)7-15(13)9-18/h3-5,7,11-12,18H,6,8-10H2,1-2H3,(H,22,23,24). The van der Waals surface area contributed by atoms with Crippen molar-refractivity contribution in [1.82, 2.24) is 9.97 Å². The van der Waals surface area contributed by atoms with Gasteiger partial charge in [-0.2, -0.15) is 0 Å². The Morgan fingerprint density at radius 3 is 2.58 bits per heavy atom. The minimum absolute atomic E-state index is 0.342. The predicted octanol–water partition coefficient (Wildman–Crippen LogP) is 4.91. The fourth-order valence-corrected chi connectivity index (χ4v) is 3.91. The van der Waals surface area contributed by atoms with E-state index in [4.69, 9.17) is 11.6 Å². The van der Waals surface area contributed by atoms with Crippen LogP contribution in [0.15, 0.2) is 36.7 Å². The number of nitrogens with zero attached hydrogens (tertiary/aromatic N) is 2. The highest BCUT2D eigenvalue weighted by Gasteiger charge is 2.26. The first-order valence-electron chi connectivity index (χ1n) is 8.54. The summed E-state index contributed by atoms with van der Waals surface area (Å²) in [7, 11) is 0. The zero-order chi connectivity index (χ0) is 16.7. The van der Waals surface area contributed by atoms with Gasteiger partial charge < -0.3 is 5.32 Å². The van der Waals surface area contributed by atoms with Crippen molar-refractivity contribution in [3.05, 3.63) is 58.4 Å². The molecule has 0 amide bonds. The Bertz CT molecular complexity index is 793. The van der Waals surface area contributed by atoms with Gasteiger partial charge in [-0.3, -0.25) is 0 Å². The molecule has 1 atom stereocenters. The lowest BCUT2D eigenvalue weighted by atomic mass is 9.89. The van der Waals surface area contributed by atoms with E-state index < -0.39 is 0 Å². The Balaban J connectivity index is 1.42. The molecule has 124 valence electrons. The van der Waals surface area contributed by atoms with Crippen LogP contribution < -0.4 is 5.32 Å². The van der Waals surface area contributed by atoms with E-state index in [1.165, 1.54) is 16.7 Å². The second-order valence-electron chi connectivity index (χ2n) is 7.73. The molecule has 1 unspecified atom stereocenters. The summed E-state index contributed by atoms with van der Waals surface area (Å²) in [6.07, 6.45) is 10.4. The number of halogens is 1. The number of benzene rings is 1. The van der Waals surface area contributed by atoms with Crippen molar-refractivity contribution in [2.75, 3.05) is 5.32 Å². The number of fused-ring (bicyclic) bond motifs is 1. The van der Waals surface area contributed by atoms with E-state index in [2.05, 4.69) is 47.3 Å². The van der Waals surface area contributed by atoms with Crippen LogP contribution in [0.5, 0.6) is 0 Å². The van der Waals surface area contributed by atoms with Crippen LogP contribution in [-0.4, -0.2) is 16.0 Å². The molecule has 0 aliphatic heterocycles. The van der Waals surface area contributed by atoms with Gasteiger partial charge in [0.2, 0.25) is 5.95 Å². The number of hydrogen-bond acceptors (Lipinski definition) is 3. The average Bonchev–Trinajstić information content (AvgIpc) is 3.10. The number of allylic oxidation sites excluding steroid dienone is 2. The molecule has 0 bridgehead atoms. The Labute approximate surface area is 148 Å². The molecule has 4 rings (SSSR count). The summed E-state index contributed by atoms with van der Waals surface area (Å²) < 4.78 is 0. The van der Waals surface area contributed by atoms with Crippen LogP contribution in [0.25, 0.3) is 5.57 Å². The predicted molar refractivity (Wildman–Crippen MR) is 99.3 cm³/mol. The zero-order valence-electron chi connectivity index (χ0n) is 14.1. The Kier molecular flexibility index (Phi) is 3.84. The molecular weight excluding hydrogens is 318 g/mol. The lowest BCUT2D eigenvalue weighted by Crippen LogP contribution is -2.21. The van der Waals surface area contributed by atoms with Crippen LogP contribution in [0.1, 0.15) is 43.4 Å². The van der Waals surface area contributed by atoms with Gasteiger partial charge in [0.1, 0.15) is 0 Å². The molecule has 1 heterocycles. The molecule has 24 heavy (non-hydrogen) atoms. The molecule has 4 heteroatoms. The van der Waals surface area contributed by atoms with Gasteiger partial charge in [0, 0.05) is 29.0 Å². The highest BCUT2D eigenvalue weighted by atomic mass is 35.5. The second kappa shape index (κ2) is 5.89. The summed E-state index contributed by atoms with van der Waals surface area (Å²) in [5.41, 5.74) is 5.58. The first-order valence-corrected chi connectivity index (χ1v) is 8.92. The van der Waals surface area contributed by atoms with Crippen LogP contribution in [0, 0.1) is 5.41 Å². The van der Waals surface area contributed by atoms with Gasteiger partial charge in [0.15, 0.2) is 0 Å². The van der Waals surface area contributed by atoms with Gasteiger partial charge >= 0.3 is 0 Å². The molecule has 0 radical (unpaired) electrons. The molecule has 0 saturated heterocycles. The first kappa shape index (κ1) is 15.6. The molecule has 1 N–H and O–H groups in total. The van der Waals surface area contributed by atoms with Crippen molar-refractivity contribution in [1.29, 1.82) is 0 Å². The van der Waals surface area contributed by atoms with Crippen molar-refractivity contribution in [2.24, 2.45) is 5.41 Å². The van der Waals surface area contributed by atoms with Crippen LogP contribution >= 0.6 is 11.6 Å². The number of aromatic nitrogens is 2. The molecule has 3 nitrogen and oxygen atoms in total. The maximum absolute atomic E-state index is 6.08. The molecule has 2 aromatic rings. The molecule has 2 aliphatic rings. The van der Waals surface area contributed by atoms with E-state index in [0.29, 0.717) is 17.4 Å². The summed E-state index contributed by atoms with van der Waals surface area (Å²) in [5.74, 6) is 0.709. The van der Waals surface area contributed by atoms with Crippen molar-refractivity contribution >= 4 is 23.1 Å². The van der Waals surface area contributed by atoms with Gasteiger partial charge in [0.05, 0.1) is 0 Å². The number of hydrogen-bond donors (Lipinski definition) is 1. The molecule has 2 aliphatic carbocycles. The van der Waals surface area contributed by atoms with E-state index in [-0.39, 0.29) is 0 Å². The lowest BCUT2D eigenvalue weighted by molar-refractivity contribution is 0.403. The Morgan fingerprint density at radius 2 is 1.88 bits per heavy atom. The van der Waals surface area contributed by atoms with Crippen LogP contribution in [0.2, 0.25) is 5.02 Å². The van der Waals surface area contributed by atoms with E-state index in [1.807, 2.05) is 18.5 Å². The molecule has 1 aromatic carbocycles. The summed E-state index contributed by atoms with van der Waals surface area (Å²) in [6, 6.07) is 6.49. The zero-order valence-corrected chi connectivity index (χ0v) is 14.9. The van der Waals surface area contributed by atoms with Crippen molar-refractivity contribution in [2.45, 2.75) is 45.6 Å². The van der Waals surface area contributed by atoms with Crippen molar-refractivity contribution < 1.29 is 0 Å². The molecule has 0 saturated carbocycles. The average molecular weight is 340 g/mol. The third kappa shape index (κ3) is 3.18. The molecular formula is C20H22ClN3. The van der Waals surface area contributed by atoms with E-state index in [1.54, 1.807) is 0 Å². The highest BCUT2D eigenvalue weighted by molar-refractivity contribution is 6.30. The van der Waals surface area contributed by atoms with E-state index >= 15 is 0 Å². The summed E-state index contributed by atoms with van der Waals surface area (Å²) in [4.78, 5) is 9.05. The summed E-state index contributed by atoms with van der Waals surface area (Å²) in [6.45, 7) is 4.61. The first-order chi connectivity index (χ1) is 11.5. The maximum atomic E-state index is 6.08. The van der Waals surface area contributed by atoms with Gasteiger partial charge in [-0.1, -0.05) is 37.6 Å². The highest BCUT2D eigenvalue weighted by Crippen LogP contribution is 2.40. The van der Waals surface area contributed by atoms with Gasteiger partial charge in [-0.25, -0.2) is 9.97 Å². The Hall–Kier alpha value is -1.87. The largest absolute Gasteiger partial charge is 0.351 e. The van der Waals surface area contributed by atoms with Crippen molar-refractivity contribution in [3.63, 3.8) is 0 Å². The minimum Gasteiger partial charge on any atom is -0.351 e. The monoisotopic (exact) mass is 339 g/mol. The quantitative estimate of drug-likeness (QED) is 0.863. The third-order valence-electron chi connectivity index (χ3n) is 5.03. The van der Waals surface area contributed by atoms with E-state index in [0.717, 1.165) is 36.3 Å². The molecule has 0 spiro atoms. The Morgan fingerprint density at radius 1 is 1.12 bits per heavy atom. The van der Waals surface area contributed by atoms with Gasteiger partial charge in [-0.15, -0.1) is 0 Å². The number of rotatable bonds is 3. The smallest absolute Gasteiger partial charge is 0.222 e. The van der Waals surface area contributed by atoms with Crippen molar-refractivity contribution in [3.8, 4) is 0 Å². The molecule has 0 fully saturated rings. The number of nitrogens with one attached hydrogen (secondary N) is 1. The fraction of sp³-hybridized carbons (Fsp3) is 0.400. The van der Waals surface area contributed by atoms with Gasteiger partial charge in [-0.05, 0) is 59.9 Å². The second-order valence-corrected chi connectivity index (χ2v) is 8.17. The fourth-order valence-electron chi connectivity index (χ4n) is 3.72. The van der Waals surface area contributed by atoms with Gasteiger partial charge in [0.25, 0.3) is 0 Å². The van der Waals surface area contributed by atoms with Crippen LogP contribution in [-0.2, 0) is 12.8 Å². The summed E-state index contributed by atoms with van der Waals surface area (Å²) >= 11 is 6.08. The SMILES string of the molecule is CC1(C)CC=C(c2cnc(NC3Cc4ccc(Cl)cc4C3)nc2)C1.